The minimum atomic E-state index is -3.50. The number of hydrogen-bond acceptors (Lipinski definition) is 3. The molecule has 126 valence electrons. The van der Waals surface area contributed by atoms with Gasteiger partial charge in [0, 0.05) is 25.3 Å². The highest BCUT2D eigenvalue weighted by molar-refractivity contribution is 7.89. The minimum absolute atomic E-state index is 0.0896. The SMILES string of the molecule is CC[C@@H](C)n1cnc(S(=O)(=O)N(C)C2CCC(C)(C)CC2)c1. The Kier molecular flexibility index (Phi) is 5.02. The molecule has 1 aromatic heterocycles. The molecule has 0 aliphatic heterocycles. The van der Waals surface area contributed by atoms with Crippen molar-refractivity contribution in [3.63, 3.8) is 0 Å². The molecule has 5 nitrogen and oxygen atoms in total. The largest absolute Gasteiger partial charge is 0.333 e. The highest BCUT2D eigenvalue weighted by Gasteiger charge is 2.35. The first-order chi connectivity index (χ1) is 10.2. The van der Waals surface area contributed by atoms with Gasteiger partial charge in [-0.1, -0.05) is 20.8 Å². The monoisotopic (exact) mass is 327 g/mol. The van der Waals surface area contributed by atoms with Crippen LogP contribution in [0.2, 0.25) is 0 Å². The predicted octanol–water partition coefficient (Wildman–Crippen LogP) is 3.44. The number of nitrogens with zero attached hydrogens (tertiary/aromatic N) is 3. The molecular weight excluding hydrogens is 298 g/mol. The highest BCUT2D eigenvalue weighted by Crippen LogP contribution is 2.37. The van der Waals surface area contributed by atoms with Crippen molar-refractivity contribution < 1.29 is 8.42 Å². The molecule has 1 aliphatic rings. The third kappa shape index (κ3) is 3.54. The summed E-state index contributed by atoms with van der Waals surface area (Å²) in [6.07, 6.45) is 8.22. The normalized spacial score (nSPS) is 21.2. The smallest absolute Gasteiger partial charge is 0.262 e. The van der Waals surface area contributed by atoms with E-state index < -0.39 is 10.0 Å². The second-order valence-corrected chi connectivity index (χ2v) is 9.28. The number of sulfonamides is 1. The standard InChI is InChI=1S/C16H29N3O2S/c1-6-13(2)19-11-15(17-12-19)22(20,21)18(5)14-7-9-16(3,4)10-8-14/h11-14H,6-10H2,1-5H3/t13-/m1/s1. The molecule has 0 N–H and O–H groups in total. The number of hydrogen-bond donors (Lipinski definition) is 0. The maximum Gasteiger partial charge on any atom is 0.262 e. The Labute approximate surface area is 134 Å². The fourth-order valence-corrected chi connectivity index (χ4v) is 4.33. The Bertz CT molecular complexity index is 597. The number of imidazole rings is 1. The minimum Gasteiger partial charge on any atom is -0.333 e. The molecule has 22 heavy (non-hydrogen) atoms. The molecule has 2 rings (SSSR count). The van der Waals surface area contributed by atoms with Crippen LogP contribution in [0.3, 0.4) is 0 Å². The predicted molar refractivity (Wildman–Crippen MR) is 88.2 cm³/mol. The van der Waals surface area contributed by atoms with Gasteiger partial charge in [0.1, 0.15) is 0 Å². The van der Waals surface area contributed by atoms with Gasteiger partial charge in [0.25, 0.3) is 10.0 Å². The van der Waals surface area contributed by atoms with Crippen LogP contribution in [0.1, 0.15) is 65.8 Å². The lowest BCUT2D eigenvalue weighted by atomic mass is 9.76. The molecule has 1 fully saturated rings. The third-order valence-electron chi connectivity index (χ3n) is 5.14. The third-order valence-corrected chi connectivity index (χ3v) is 6.94. The van der Waals surface area contributed by atoms with Crippen molar-refractivity contribution in [2.24, 2.45) is 5.41 Å². The number of rotatable bonds is 5. The van der Waals surface area contributed by atoms with Crippen LogP contribution in [0, 0.1) is 5.41 Å². The fourth-order valence-electron chi connectivity index (χ4n) is 2.99. The van der Waals surface area contributed by atoms with E-state index in [1.54, 1.807) is 19.6 Å². The molecule has 0 unspecified atom stereocenters. The van der Waals surface area contributed by atoms with Crippen molar-refractivity contribution in [3.8, 4) is 0 Å². The molecule has 0 amide bonds. The average Bonchev–Trinajstić information content (AvgIpc) is 2.96. The Balaban J connectivity index is 2.14. The quantitative estimate of drug-likeness (QED) is 0.832. The molecule has 0 spiro atoms. The second kappa shape index (κ2) is 6.32. The van der Waals surface area contributed by atoms with Crippen LogP contribution in [0.15, 0.2) is 17.6 Å². The summed E-state index contributed by atoms with van der Waals surface area (Å²) in [7, 11) is -1.80. The van der Waals surface area contributed by atoms with Gasteiger partial charge in [-0.25, -0.2) is 13.4 Å². The van der Waals surface area contributed by atoms with E-state index in [-0.39, 0.29) is 17.1 Å². The molecule has 1 saturated carbocycles. The lowest BCUT2D eigenvalue weighted by Crippen LogP contribution is -2.40. The summed E-state index contributed by atoms with van der Waals surface area (Å²) in [4.78, 5) is 4.13. The van der Waals surface area contributed by atoms with E-state index in [1.807, 2.05) is 4.57 Å². The molecule has 0 saturated heterocycles. The van der Waals surface area contributed by atoms with Crippen molar-refractivity contribution in [1.82, 2.24) is 13.9 Å². The summed E-state index contributed by atoms with van der Waals surface area (Å²) in [6, 6.07) is 0.351. The first-order valence-electron chi connectivity index (χ1n) is 8.19. The summed E-state index contributed by atoms with van der Waals surface area (Å²) in [5.74, 6) is 0. The molecule has 6 heteroatoms. The van der Waals surface area contributed by atoms with Gasteiger partial charge in [0.15, 0.2) is 5.03 Å². The van der Waals surface area contributed by atoms with Crippen molar-refractivity contribution in [2.45, 2.75) is 76.9 Å². The molecule has 0 bridgehead atoms. The van der Waals surface area contributed by atoms with Crippen molar-refractivity contribution >= 4 is 10.0 Å². The van der Waals surface area contributed by atoms with Crippen LogP contribution >= 0.6 is 0 Å². The van der Waals surface area contributed by atoms with Crippen molar-refractivity contribution in [1.29, 1.82) is 0 Å². The number of aromatic nitrogens is 2. The van der Waals surface area contributed by atoms with Gasteiger partial charge in [-0.05, 0) is 44.4 Å². The molecule has 0 radical (unpaired) electrons. The fraction of sp³-hybridized carbons (Fsp3) is 0.812. The van der Waals surface area contributed by atoms with Crippen LogP contribution in [-0.4, -0.2) is 35.4 Å². The van der Waals surface area contributed by atoms with Gasteiger partial charge in [0.05, 0.1) is 6.33 Å². The summed E-state index contributed by atoms with van der Waals surface area (Å²) >= 11 is 0. The second-order valence-electron chi connectivity index (χ2n) is 7.33. The summed E-state index contributed by atoms with van der Waals surface area (Å²) in [5.41, 5.74) is 0.333. The summed E-state index contributed by atoms with van der Waals surface area (Å²) < 4.78 is 28.9. The maximum absolute atomic E-state index is 12.8. The molecule has 0 aromatic carbocycles. The van der Waals surface area contributed by atoms with Crippen molar-refractivity contribution in [2.75, 3.05) is 7.05 Å². The molecular formula is C16H29N3O2S. The first kappa shape index (κ1) is 17.5. The van der Waals surface area contributed by atoms with E-state index in [0.29, 0.717) is 5.41 Å². The zero-order chi connectivity index (χ0) is 16.5. The molecule has 1 aliphatic carbocycles. The van der Waals surface area contributed by atoms with Crippen LogP contribution in [-0.2, 0) is 10.0 Å². The van der Waals surface area contributed by atoms with Gasteiger partial charge < -0.3 is 4.57 Å². The first-order valence-corrected chi connectivity index (χ1v) is 9.63. The molecule has 1 atom stereocenters. The topological polar surface area (TPSA) is 55.2 Å². The van der Waals surface area contributed by atoms with E-state index in [2.05, 4.69) is 32.7 Å². The summed E-state index contributed by atoms with van der Waals surface area (Å²) in [6.45, 7) is 8.65. The zero-order valence-corrected chi connectivity index (χ0v) is 15.2. The van der Waals surface area contributed by atoms with Gasteiger partial charge in [-0.3, -0.25) is 0 Å². The van der Waals surface area contributed by atoms with Crippen LogP contribution in [0.25, 0.3) is 0 Å². The van der Waals surface area contributed by atoms with E-state index in [1.165, 1.54) is 4.31 Å². The van der Waals surface area contributed by atoms with E-state index in [0.717, 1.165) is 32.1 Å². The van der Waals surface area contributed by atoms with E-state index >= 15 is 0 Å². The molecule has 1 heterocycles. The van der Waals surface area contributed by atoms with Crippen LogP contribution < -0.4 is 0 Å². The van der Waals surface area contributed by atoms with Crippen molar-refractivity contribution in [3.05, 3.63) is 12.5 Å². The lowest BCUT2D eigenvalue weighted by molar-refractivity contribution is 0.174. The summed E-state index contributed by atoms with van der Waals surface area (Å²) in [5, 5.41) is 0.167. The van der Waals surface area contributed by atoms with E-state index in [4.69, 9.17) is 0 Å². The van der Waals surface area contributed by atoms with Gasteiger partial charge in [-0.15, -0.1) is 0 Å². The van der Waals surface area contributed by atoms with Gasteiger partial charge in [0.2, 0.25) is 0 Å². The molecule has 1 aromatic rings. The zero-order valence-electron chi connectivity index (χ0n) is 14.4. The Hall–Kier alpha value is -0.880. The van der Waals surface area contributed by atoms with E-state index in [9.17, 15) is 8.42 Å². The lowest BCUT2D eigenvalue weighted by Gasteiger charge is -2.37. The highest BCUT2D eigenvalue weighted by atomic mass is 32.2. The maximum atomic E-state index is 12.8. The van der Waals surface area contributed by atoms with Crippen LogP contribution in [0.5, 0.6) is 0 Å². The average molecular weight is 327 g/mol. The van der Waals surface area contributed by atoms with Gasteiger partial charge >= 0.3 is 0 Å². The van der Waals surface area contributed by atoms with Crippen LogP contribution in [0.4, 0.5) is 0 Å². The Morgan fingerprint density at radius 1 is 1.41 bits per heavy atom. The Morgan fingerprint density at radius 3 is 2.55 bits per heavy atom. The Morgan fingerprint density at radius 2 is 2.00 bits per heavy atom. The van der Waals surface area contributed by atoms with Gasteiger partial charge in [-0.2, -0.15) is 4.31 Å².